The van der Waals surface area contributed by atoms with Crippen molar-refractivity contribution in [2.45, 2.75) is 27.7 Å². The molecule has 3 heteroatoms. The second-order valence-electron chi connectivity index (χ2n) is 5.48. The van der Waals surface area contributed by atoms with Gasteiger partial charge in [0.15, 0.2) is 0 Å². The van der Waals surface area contributed by atoms with Crippen molar-refractivity contribution >= 4 is 5.91 Å². The van der Waals surface area contributed by atoms with E-state index in [0.29, 0.717) is 18.0 Å². The van der Waals surface area contributed by atoms with E-state index in [2.05, 4.69) is 33.0 Å². The van der Waals surface area contributed by atoms with E-state index in [1.165, 1.54) is 24.3 Å². The molecule has 0 spiro atoms. The molecule has 1 aromatic carbocycles. The molecular weight excluding hydrogens is 217 g/mol. The summed E-state index contributed by atoms with van der Waals surface area (Å²) in [7, 11) is 0. The van der Waals surface area contributed by atoms with Crippen molar-refractivity contribution in [3.8, 4) is 0 Å². The zero-order valence-electron chi connectivity index (χ0n) is 10.9. The highest BCUT2D eigenvalue weighted by Gasteiger charge is 2.20. The molecule has 17 heavy (non-hydrogen) atoms. The maximum atomic E-state index is 12.7. The van der Waals surface area contributed by atoms with Gasteiger partial charge in [-0.1, -0.05) is 27.7 Å². The Balaban J connectivity index is 2.53. The monoisotopic (exact) mass is 237 g/mol. The van der Waals surface area contributed by atoms with Crippen LogP contribution in [0.15, 0.2) is 24.3 Å². The summed E-state index contributed by atoms with van der Waals surface area (Å²) in [5.41, 5.74) is 0.656. The van der Waals surface area contributed by atoms with E-state index in [1.807, 2.05) is 0 Å². The van der Waals surface area contributed by atoms with Gasteiger partial charge in [-0.25, -0.2) is 4.39 Å². The van der Waals surface area contributed by atoms with Gasteiger partial charge in [-0.05, 0) is 35.6 Å². The first-order valence-corrected chi connectivity index (χ1v) is 5.84. The Labute approximate surface area is 102 Å². The van der Waals surface area contributed by atoms with Crippen LogP contribution in [0.4, 0.5) is 4.39 Å². The van der Waals surface area contributed by atoms with Crippen LogP contribution in [-0.4, -0.2) is 12.5 Å². The van der Waals surface area contributed by atoms with Crippen molar-refractivity contribution in [3.05, 3.63) is 35.6 Å². The lowest BCUT2D eigenvalue weighted by molar-refractivity contribution is 0.0937. The average Bonchev–Trinajstić information content (AvgIpc) is 2.25. The number of carbonyl (C=O) groups is 1. The molecule has 0 aliphatic carbocycles. The second-order valence-corrected chi connectivity index (χ2v) is 5.48. The molecule has 94 valence electrons. The van der Waals surface area contributed by atoms with Gasteiger partial charge in [0, 0.05) is 12.1 Å². The number of rotatable bonds is 3. The summed E-state index contributed by atoms with van der Waals surface area (Å²) in [6, 6.07) is 5.57. The summed E-state index contributed by atoms with van der Waals surface area (Å²) < 4.78 is 12.7. The number of amides is 1. The predicted octanol–water partition coefficient (Wildman–Crippen LogP) is 3.24. The molecule has 1 amide bonds. The number of hydrogen-bond acceptors (Lipinski definition) is 1. The van der Waals surface area contributed by atoms with Gasteiger partial charge in [0.25, 0.3) is 5.91 Å². The van der Waals surface area contributed by atoms with Gasteiger partial charge in [-0.15, -0.1) is 0 Å². The molecule has 0 saturated carbocycles. The topological polar surface area (TPSA) is 29.1 Å². The molecule has 0 bridgehead atoms. The van der Waals surface area contributed by atoms with Crippen LogP contribution in [0.25, 0.3) is 0 Å². The molecule has 0 saturated heterocycles. The fourth-order valence-electron chi connectivity index (χ4n) is 1.26. The van der Waals surface area contributed by atoms with Crippen molar-refractivity contribution in [2.75, 3.05) is 6.54 Å². The van der Waals surface area contributed by atoms with Gasteiger partial charge in [0.1, 0.15) is 5.82 Å². The highest BCUT2D eigenvalue weighted by Crippen LogP contribution is 2.24. The molecule has 0 aromatic heterocycles. The van der Waals surface area contributed by atoms with Crippen molar-refractivity contribution in [2.24, 2.45) is 11.3 Å². The van der Waals surface area contributed by atoms with Crippen LogP contribution in [0.3, 0.4) is 0 Å². The zero-order chi connectivity index (χ0) is 13.1. The van der Waals surface area contributed by atoms with E-state index in [1.54, 1.807) is 0 Å². The maximum absolute atomic E-state index is 12.7. The maximum Gasteiger partial charge on any atom is 0.251 e. The first kappa shape index (κ1) is 13.7. The molecule has 0 aliphatic rings. The van der Waals surface area contributed by atoms with Crippen molar-refractivity contribution in [1.29, 1.82) is 0 Å². The summed E-state index contributed by atoms with van der Waals surface area (Å²) in [4.78, 5) is 11.8. The quantitative estimate of drug-likeness (QED) is 0.859. The van der Waals surface area contributed by atoms with E-state index in [4.69, 9.17) is 0 Å². The Morgan fingerprint density at radius 2 is 1.82 bits per heavy atom. The third-order valence-electron chi connectivity index (χ3n) is 3.15. The fourth-order valence-corrected chi connectivity index (χ4v) is 1.26. The lowest BCUT2D eigenvalue weighted by atomic mass is 9.82. The second kappa shape index (κ2) is 5.30. The number of nitrogens with one attached hydrogen (secondary N) is 1. The van der Waals surface area contributed by atoms with Gasteiger partial charge in [0.05, 0.1) is 0 Å². The number of carbonyl (C=O) groups excluding carboxylic acids is 1. The number of halogens is 1. The van der Waals surface area contributed by atoms with Crippen molar-refractivity contribution in [3.63, 3.8) is 0 Å². The SMILES string of the molecule is CC(CNC(=O)c1ccc(F)cc1)C(C)(C)C. The lowest BCUT2D eigenvalue weighted by Gasteiger charge is -2.27. The molecule has 0 heterocycles. The number of benzene rings is 1. The molecule has 1 atom stereocenters. The van der Waals surface area contributed by atoms with Gasteiger partial charge >= 0.3 is 0 Å². The van der Waals surface area contributed by atoms with E-state index >= 15 is 0 Å². The van der Waals surface area contributed by atoms with Crippen LogP contribution in [0.2, 0.25) is 0 Å². The summed E-state index contributed by atoms with van der Waals surface area (Å²) in [5, 5.41) is 2.86. The molecule has 0 fully saturated rings. The largest absolute Gasteiger partial charge is 0.352 e. The van der Waals surface area contributed by atoms with E-state index < -0.39 is 0 Å². The molecule has 0 aliphatic heterocycles. The third kappa shape index (κ3) is 4.17. The van der Waals surface area contributed by atoms with Crippen LogP contribution in [-0.2, 0) is 0 Å². The Kier molecular flexibility index (Phi) is 4.27. The normalized spacial score (nSPS) is 13.2. The van der Waals surface area contributed by atoms with E-state index in [9.17, 15) is 9.18 Å². The van der Waals surface area contributed by atoms with Crippen LogP contribution in [0, 0.1) is 17.2 Å². The molecule has 1 rings (SSSR count). The first-order valence-electron chi connectivity index (χ1n) is 5.84. The minimum Gasteiger partial charge on any atom is -0.352 e. The molecule has 1 N–H and O–H groups in total. The molecule has 2 nitrogen and oxygen atoms in total. The Hall–Kier alpha value is -1.38. The Morgan fingerprint density at radius 3 is 2.29 bits per heavy atom. The fraction of sp³-hybridized carbons (Fsp3) is 0.500. The highest BCUT2D eigenvalue weighted by atomic mass is 19.1. The molecule has 1 unspecified atom stereocenters. The average molecular weight is 237 g/mol. The van der Waals surface area contributed by atoms with Gasteiger partial charge in [0.2, 0.25) is 0 Å². The van der Waals surface area contributed by atoms with E-state index in [0.717, 1.165) is 0 Å². The van der Waals surface area contributed by atoms with Gasteiger partial charge in [-0.3, -0.25) is 4.79 Å². The van der Waals surface area contributed by atoms with Crippen molar-refractivity contribution in [1.82, 2.24) is 5.32 Å². The van der Waals surface area contributed by atoms with Crippen LogP contribution >= 0.6 is 0 Å². The van der Waals surface area contributed by atoms with Gasteiger partial charge < -0.3 is 5.32 Å². The highest BCUT2D eigenvalue weighted by molar-refractivity contribution is 5.94. The Morgan fingerprint density at radius 1 is 1.29 bits per heavy atom. The van der Waals surface area contributed by atoms with Crippen LogP contribution < -0.4 is 5.32 Å². The van der Waals surface area contributed by atoms with Crippen molar-refractivity contribution < 1.29 is 9.18 Å². The summed E-state index contributed by atoms with van der Waals surface area (Å²) >= 11 is 0. The predicted molar refractivity (Wildman–Crippen MR) is 67.4 cm³/mol. The third-order valence-corrected chi connectivity index (χ3v) is 3.15. The minimum atomic E-state index is -0.329. The van der Waals surface area contributed by atoms with E-state index in [-0.39, 0.29) is 17.1 Å². The zero-order valence-corrected chi connectivity index (χ0v) is 10.9. The van der Waals surface area contributed by atoms with Crippen LogP contribution in [0.5, 0.6) is 0 Å². The molecular formula is C14H20FNO. The summed E-state index contributed by atoms with van der Waals surface area (Å²) in [6.07, 6.45) is 0. The molecule has 1 aromatic rings. The number of hydrogen-bond donors (Lipinski definition) is 1. The first-order chi connectivity index (χ1) is 7.80. The smallest absolute Gasteiger partial charge is 0.251 e. The minimum absolute atomic E-state index is 0.152. The lowest BCUT2D eigenvalue weighted by Crippen LogP contribution is -2.33. The summed E-state index contributed by atoms with van der Waals surface area (Å²) in [5.74, 6) is -0.0994. The summed E-state index contributed by atoms with van der Waals surface area (Å²) in [6.45, 7) is 9.15. The van der Waals surface area contributed by atoms with Gasteiger partial charge in [-0.2, -0.15) is 0 Å². The standard InChI is InChI=1S/C14H20FNO/c1-10(14(2,3)4)9-16-13(17)11-5-7-12(15)8-6-11/h5-8,10H,9H2,1-4H3,(H,16,17). The van der Waals surface area contributed by atoms with Crippen LogP contribution in [0.1, 0.15) is 38.1 Å². The Bertz CT molecular complexity index is 378. The molecule has 0 radical (unpaired) electrons.